The van der Waals surface area contributed by atoms with E-state index < -0.39 is 11.9 Å². The molecular formula is C27H31FN2O5. The van der Waals surface area contributed by atoms with Crippen molar-refractivity contribution < 1.29 is 28.9 Å². The number of halogens is 1. The fraction of sp³-hybridized carbons (Fsp3) is 0.407. The number of para-hydroxylation sites is 1. The summed E-state index contributed by atoms with van der Waals surface area (Å²) < 4.78 is 19.4. The molecule has 1 fully saturated rings. The van der Waals surface area contributed by atoms with Gasteiger partial charge in [0.1, 0.15) is 11.6 Å². The highest BCUT2D eigenvalue weighted by atomic mass is 19.1. The lowest BCUT2D eigenvalue weighted by Gasteiger charge is -2.36. The molecule has 1 atom stereocenters. The first-order valence-corrected chi connectivity index (χ1v) is 12.1. The van der Waals surface area contributed by atoms with Gasteiger partial charge in [-0.2, -0.15) is 0 Å². The van der Waals surface area contributed by atoms with E-state index in [1.807, 2.05) is 6.07 Å². The Balaban J connectivity index is 0.000000314. The van der Waals surface area contributed by atoms with Crippen molar-refractivity contribution in [3.05, 3.63) is 71.1 Å². The van der Waals surface area contributed by atoms with Crippen LogP contribution in [0.15, 0.2) is 48.6 Å². The lowest BCUT2D eigenvalue weighted by Crippen LogP contribution is -2.46. The van der Waals surface area contributed by atoms with Gasteiger partial charge >= 0.3 is 11.9 Å². The molecule has 2 heterocycles. The van der Waals surface area contributed by atoms with Gasteiger partial charge in [-0.3, -0.25) is 0 Å². The van der Waals surface area contributed by atoms with Gasteiger partial charge in [0, 0.05) is 37.3 Å². The van der Waals surface area contributed by atoms with Crippen LogP contribution in [0.1, 0.15) is 36.0 Å². The van der Waals surface area contributed by atoms with Gasteiger partial charge in [0.25, 0.3) is 0 Å². The molecule has 0 amide bonds. The third kappa shape index (κ3) is 6.60. The van der Waals surface area contributed by atoms with Crippen LogP contribution in [0.2, 0.25) is 0 Å². The van der Waals surface area contributed by atoms with E-state index in [0.717, 1.165) is 64.0 Å². The molecule has 3 aliphatic rings. The molecule has 2 aromatic carbocycles. The van der Waals surface area contributed by atoms with Gasteiger partial charge in [-0.25, -0.2) is 14.0 Å². The standard InChI is InChI=1S/C23H27FN2O.C4H4O4/c24-19-7-6-17-14-21(15-18(17)13-19)25-20-8-10-26(11-9-20)22-5-1-3-16-4-2-12-27-23(16)22;5-3(6)1-2-4(7)8/h1,3,5-7,13,20-21,25H,2,4,8-12,14-15H2;1-2H,(H,5,6)(H,7,8)/b;2-1+. The Morgan fingerprint density at radius 1 is 0.971 bits per heavy atom. The van der Waals surface area contributed by atoms with Crippen molar-refractivity contribution in [1.82, 2.24) is 5.32 Å². The van der Waals surface area contributed by atoms with E-state index in [-0.39, 0.29) is 5.82 Å². The smallest absolute Gasteiger partial charge is 0.328 e. The Kier molecular flexibility index (Phi) is 8.02. The fourth-order valence-corrected chi connectivity index (χ4v) is 5.09. The Morgan fingerprint density at radius 2 is 1.69 bits per heavy atom. The normalized spacial score (nSPS) is 19.3. The summed E-state index contributed by atoms with van der Waals surface area (Å²) in [5.41, 5.74) is 5.11. The minimum atomic E-state index is -1.26. The Morgan fingerprint density at radius 3 is 2.40 bits per heavy atom. The Bertz CT molecular complexity index is 1080. The van der Waals surface area contributed by atoms with E-state index in [2.05, 4.69) is 28.4 Å². The molecule has 0 radical (unpaired) electrons. The molecule has 1 unspecified atom stereocenters. The van der Waals surface area contributed by atoms with Gasteiger partial charge in [0.05, 0.1) is 12.3 Å². The number of piperidine rings is 1. The summed E-state index contributed by atoms with van der Waals surface area (Å²) in [4.78, 5) is 21.6. The van der Waals surface area contributed by atoms with Crippen molar-refractivity contribution >= 4 is 17.6 Å². The molecule has 7 nitrogen and oxygen atoms in total. The van der Waals surface area contributed by atoms with E-state index in [1.165, 1.54) is 22.4 Å². The summed E-state index contributed by atoms with van der Waals surface area (Å²) in [6.07, 6.45) is 7.63. The fourth-order valence-electron chi connectivity index (χ4n) is 5.09. The average Bonchev–Trinajstić information content (AvgIpc) is 3.24. The van der Waals surface area contributed by atoms with Crippen molar-refractivity contribution in [2.45, 2.75) is 50.6 Å². The lowest BCUT2D eigenvalue weighted by molar-refractivity contribution is -0.134. The van der Waals surface area contributed by atoms with Crippen LogP contribution >= 0.6 is 0 Å². The van der Waals surface area contributed by atoms with Crippen LogP contribution in [0, 0.1) is 5.82 Å². The summed E-state index contributed by atoms with van der Waals surface area (Å²) >= 11 is 0. The van der Waals surface area contributed by atoms with E-state index in [9.17, 15) is 14.0 Å². The van der Waals surface area contributed by atoms with E-state index in [4.69, 9.17) is 14.9 Å². The largest absolute Gasteiger partial charge is 0.491 e. The number of carbonyl (C=O) groups is 2. The third-order valence-corrected chi connectivity index (χ3v) is 6.69. The zero-order valence-electron chi connectivity index (χ0n) is 19.6. The van der Waals surface area contributed by atoms with Crippen molar-refractivity contribution in [2.24, 2.45) is 0 Å². The van der Waals surface area contributed by atoms with E-state index >= 15 is 0 Å². The molecule has 0 bridgehead atoms. The number of anilines is 1. The topological polar surface area (TPSA) is 99.1 Å². The quantitative estimate of drug-likeness (QED) is 0.560. The Labute approximate surface area is 204 Å². The van der Waals surface area contributed by atoms with Crippen LogP contribution in [0.25, 0.3) is 0 Å². The van der Waals surface area contributed by atoms with Gasteiger partial charge in [-0.15, -0.1) is 0 Å². The number of fused-ring (bicyclic) bond motifs is 2. The van der Waals surface area contributed by atoms with Crippen LogP contribution in [0.3, 0.4) is 0 Å². The number of nitrogens with zero attached hydrogens (tertiary/aromatic N) is 1. The van der Waals surface area contributed by atoms with E-state index in [0.29, 0.717) is 24.2 Å². The third-order valence-electron chi connectivity index (χ3n) is 6.69. The van der Waals surface area contributed by atoms with Gasteiger partial charge in [-0.05, 0) is 73.4 Å². The van der Waals surface area contributed by atoms with Crippen LogP contribution in [-0.2, 0) is 28.9 Å². The van der Waals surface area contributed by atoms with Gasteiger partial charge in [0.2, 0.25) is 0 Å². The molecule has 0 spiro atoms. The second-order valence-corrected chi connectivity index (χ2v) is 9.17. The second-order valence-electron chi connectivity index (χ2n) is 9.17. The van der Waals surface area contributed by atoms with Crippen molar-refractivity contribution in [3.63, 3.8) is 0 Å². The first-order valence-electron chi connectivity index (χ1n) is 12.1. The van der Waals surface area contributed by atoms with Gasteiger partial charge in [0.15, 0.2) is 0 Å². The number of carboxylic acid groups (broad SMARTS) is 2. The maximum atomic E-state index is 13.4. The number of benzene rings is 2. The SMILES string of the molecule is Fc1ccc2c(c1)CC(NC1CCN(c3cccc4c3OCCC4)CC1)C2.O=C(O)/C=C/C(=O)O. The van der Waals surface area contributed by atoms with Crippen LogP contribution in [0.5, 0.6) is 5.75 Å². The number of aliphatic carboxylic acids is 2. The zero-order valence-corrected chi connectivity index (χ0v) is 19.6. The first-order chi connectivity index (χ1) is 16.9. The molecule has 1 saturated heterocycles. The van der Waals surface area contributed by atoms with Crippen LogP contribution in [-0.4, -0.2) is 53.9 Å². The van der Waals surface area contributed by atoms with Gasteiger partial charge in [-0.1, -0.05) is 18.2 Å². The highest BCUT2D eigenvalue weighted by molar-refractivity contribution is 5.89. The number of aryl methyl sites for hydroxylation is 1. The predicted molar refractivity (Wildman–Crippen MR) is 131 cm³/mol. The van der Waals surface area contributed by atoms with Crippen molar-refractivity contribution in [1.29, 1.82) is 0 Å². The number of ether oxygens (including phenoxy) is 1. The molecule has 1 aliphatic carbocycles. The van der Waals surface area contributed by atoms with Crippen LogP contribution < -0.4 is 15.0 Å². The average molecular weight is 483 g/mol. The molecule has 0 saturated carbocycles. The lowest BCUT2D eigenvalue weighted by atomic mass is 10.00. The predicted octanol–water partition coefficient (Wildman–Crippen LogP) is 3.59. The molecule has 2 aromatic rings. The monoisotopic (exact) mass is 482 g/mol. The summed E-state index contributed by atoms with van der Waals surface area (Å²) in [5, 5.41) is 19.5. The minimum Gasteiger partial charge on any atom is -0.491 e. The highest BCUT2D eigenvalue weighted by Gasteiger charge is 2.28. The maximum Gasteiger partial charge on any atom is 0.328 e. The zero-order chi connectivity index (χ0) is 24.8. The van der Waals surface area contributed by atoms with Crippen LogP contribution in [0.4, 0.5) is 10.1 Å². The summed E-state index contributed by atoms with van der Waals surface area (Å²) in [5.74, 6) is -1.51. The second kappa shape index (κ2) is 11.4. The first kappa shape index (κ1) is 24.7. The minimum absolute atomic E-state index is 0.115. The number of nitrogens with one attached hydrogen (secondary N) is 1. The molecular weight excluding hydrogens is 451 g/mol. The summed E-state index contributed by atoms with van der Waals surface area (Å²) in [6, 6.07) is 12.8. The number of hydrogen-bond acceptors (Lipinski definition) is 5. The molecule has 0 aromatic heterocycles. The molecule has 5 rings (SSSR count). The van der Waals surface area contributed by atoms with Gasteiger partial charge < -0.3 is 25.2 Å². The molecule has 186 valence electrons. The summed E-state index contributed by atoms with van der Waals surface area (Å²) in [6.45, 7) is 2.96. The summed E-state index contributed by atoms with van der Waals surface area (Å²) in [7, 11) is 0. The molecule has 2 aliphatic heterocycles. The highest BCUT2D eigenvalue weighted by Crippen LogP contribution is 2.36. The van der Waals surface area contributed by atoms with Crippen molar-refractivity contribution in [2.75, 3.05) is 24.6 Å². The van der Waals surface area contributed by atoms with E-state index in [1.54, 1.807) is 12.1 Å². The molecule has 35 heavy (non-hydrogen) atoms. The Hall–Kier alpha value is -3.39. The van der Waals surface area contributed by atoms with Crippen molar-refractivity contribution in [3.8, 4) is 5.75 Å². The number of carboxylic acids is 2. The molecule has 3 N–H and O–H groups in total. The number of hydrogen-bond donors (Lipinski definition) is 3. The maximum absolute atomic E-state index is 13.4. The molecule has 8 heteroatoms. The number of rotatable bonds is 5.